The number of alkyl carbamates (subject to hydrolysis) is 1. The number of fused-ring (bicyclic) bond motifs is 3. The standard InChI is InChI=1S/C28H34N2O5/c1-2-8-19(27(32)33)16-29-26(31)18-9-7-10-20(15-18)30-28(34)35-17-25-23-13-5-3-11-21(23)22-12-4-6-14-24(22)25/h3-6,11-14,18-20,25H,2,7-10,15-17H2,1H3,(H,29,31)(H,30,34)(H,32,33)/t18-,19?,20-/m1/s1. The van der Waals surface area contributed by atoms with Crippen LogP contribution in [0.4, 0.5) is 4.79 Å². The maximum absolute atomic E-state index is 12.6. The molecule has 2 amide bonds. The lowest BCUT2D eigenvalue weighted by Crippen LogP contribution is -2.44. The van der Waals surface area contributed by atoms with Gasteiger partial charge in [0, 0.05) is 24.4 Å². The Morgan fingerprint density at radius 3 is 2.31 bits per heavy atom. The summed E-state index contributed by atoms with van der Waals surface area (Å²) < 4.78 is 5.65. The third kappa shape index (κ3) is 5.84. The number of rotatable bonds is 9. The van der Waals surface area contributed by atoms with Gasteiger partial charge in [-0.2, -0.15) is 0 Å². The number of nitrogens with one attached hydrogen (secondary N) is 2. The van der Waals surface area contributed by atoms with E-state index in [0.717, 1.165) is 25.7 Å². The van der Waals surface area contributed by atoms with Gasteiger partial charge in [0.05, 0.1) is 5.92 Å². The molecule has 0 aliphatic heterocycles. The summed E-state index contributed by atoms with van der Waals surface area (Å²) in [7, 11) is 0. The average molecular weight is 479 g/mol. The van der Waals surface area contributed by atoms with Crippen LogP contribution in [0.5, 0.6) is 0 Å². The van der Waals surface area contributed by atoms with Crippen LogP contribution < -0.4 is 10.6 Å². The fourth-order valence-corrected chi connectivity index (χ4v) is 5.40. The smallest absolute Gasteiger partial charge is 0.407 e. The molecule has 0 saturated heterocycles. The molecule has 1 unspecified atom stereocenters. The van der Waals surface area contributed by atoms with Gasteiger partial charge >= 0.3 is 12.1 Å². The Kier molecular flexibility index (Phi) is 8.06. The van der Waals surface area contributed by atoms with Gasteiger partial charge in [-0.25, -0.2) is 4.79 Å². The number of benzene rings is 2. The topological polar surface area (TPSA) is 105 Å². The number of amides is 2. The van der Waals surface area contributed by atoms with E-state index in [9.17, 15) is 19.5 Å². The molecule has 2 aliphatic rings. The molecule has 2 aromatic carbocycles. The monoisotopic (exact) mass is 478 g/mol. The molecule has 0 radical (unpaired) electrons. The van der Waals surface area contributed by atoms with Crippen LogP contribution in [0, 0.1) is 11.8 Å². The summed E-state index contributed by atoms with van der Waals surface area (Å²) in [5, 5.41) is 15.0. The molecule has 3 N–H and O–H groups in total. The first-order chi connectivity index (χ1) is 17.0. The summed E-state index contributed by atoms with van der Waals surface area (Å²) in [5.74, 6) is -1.82. The Morgan fingerprint density at radius 1 is 1.03 bits per heavy atom. The number of carbonyl (C=O) groups is 3. The Hall–Kier alpha value is -3.35. The van der Waals surface area contributed by atoms with E-state index < -0.39 is 18.0 Å². The van der Waals surface area contributed by atoms with Crippen LogP contribution in [0.2, 0.25) is 0 Å². The number of aliphatic carboxylic acids is 1. The minimum atomic E-state index is -0.884. The van der Waals surface area contributed by atoms with Gasteiger partial charge in [-0.15, -0.1) is 0 Å². The number of carboxylic acids is 1. The predicted molar refractivity (Wildman–Crippen MR) is 133 cm³/mol. The van der Waals surface area contributed by atoms with Crippen LogP contribution >= 0.6 is 0 Å². The molecule has 7 heteroatoms. The van der Waals surface area contributed by atoms with E-state index in [1.807, 2.05) is 31.2 Å². The lowest BCUT2D eigenvalue weighted by atomic mass is 9.85. The highest BCUT2D eigenvalue weighted by molar-refractivity contribution is 5.80. The highest BCUT2D eigenvalue weighted by Gasteiger charge is 2.31. The number of carboxylic acid groups (broad SMARTS) is 1. The van der Waals surface area contributed by atoms with Crippen LogP contribution in [0.15, 0.2) is 48.5 Å². The Labute approximate surface area is 206 Å². The summed E-state index contributed by atoms with van der Waals surface area (Å²) in [6, 6.07) is 16.3. The molecule has 2 aromatic rings. The average Bonchev–Trinajstić information content (AvgIpc) is 3.19. The van der Waals surface area contributed by atoms with E-state index in [0.29, 0.717) is 12.8 Å². The number of hydrogen-bond donors (Lipinski definition) is 3. The van der Waals surface area contributed by atoms with Gasteiger partial charge in [0.2, 0.25) is 5.91 Å². The van der Waals surface area contributed by atoms with E-state index >= 15 is 0 Å². The van der Waals surface area contributed by atoms with Crippen molar-refractivity contribution in [3.05, 3.63) is 59.7 Å². The van der Waals surface area contributed by atoms with Crippen molar-refractivity contribution in [2.75, 3.05) is 13.2 Å². The van der Waals surface area contributed by atoms with Crippen LogP contribution in [0.1, 0.15) is 62.5 Å². The zero-order chi connectivity index (χ0) is 24.8. The summed E-state index contributed by atoms with van der Waals surface area (Å²) in [4.78, 5) is 36.6. The fraction of sp³-hybridized carbons (Fsp3) is 0.464. The summed E-state index contributed by atoms with van der Waals surface area (Å²) in [6.07, 6.45) is 3.70. The maximum atomic E-state index is 12.6. The number of carbonyl (C=O) groups excluding carboxylic acids is 2. The van der Waals surface area contributed by atoms with E-state index in [-0.39, 0.29) is 36.9 Å². The van der Waals surface area contributed by atoms with E-state index in [2.05, 4.69) is 34.9 Å². The van der Waals surface area contributed by atoms with Crippen molar-refractivity contribution in [3.63, 3.8) is 0 Å². The Balaban J connectivity index is 1.28. The molecule has 1 fully saturated rings. The van der Waals surface area contributed by atoms with Crippen molar-refractivity contribution in [2.24, 2.45) is 11.8 Å². The first-order valence-corrected chi connectivity index (χ1v) is 12.6. The molecule has 0 spiro atoms. The van der Waals surface area contributed by atoms with Crippen LogP contribution in [0.25, 0.3) is 11.1 Å². The molecule has 4 rings (SSSR count). The zero-order valence-corrected chi connectivity index (χ0v) is 20.2. The number of hydrogen-bond acceptors (Lipinski definition) is 4. The normalized spacial score (nSPS) is 19.8. The van der Waals surface area contributed by atoms with E-state index in [1.54, 1.807) is 0 Å². The van der Waals surface area contributed by atoms with Crippen molar-refractivity contribution in [1.29, 1.82) is 0 Å². The van der Waals surface area contributed by atoms with Crippen molar-refractivity contribution < 1.29 is 24.2 Å². The predicted octanol–water partition coefficient (Wildman–Crippen LogP) is 4.70. The lowest BCUT2D eigenvalue weighted by molar-refractivity contribution is -0.142. The van der Waals surface area contributed by atoms with E-state index in [1.165, 1.54) is 22.3 Å². The second-order valence-corrected chi connectivity index (χ2v) is 9.60. The van der Waals surface area contributed by atoms with Gasteiger partial charge in [-0.05, 0) is 47.9 Å². The summed E-state index contributed by atoms with van der Waals surface area (Å²) in [5.41, 5.74) is 4.70. The SMILES string of the molecule is CCCC(CNC(=O)[C@@H]1CCC[C@@H](NC(=O)OCC2c3ccccc3-c3ccccc32)C1)C(=O)O. The highest BCUT2D eigenvalue weighted by Crippen LogP contribution is 2.44. The minimum absolute atomic E-state index is 0.00309. The van der Waals surface area contributed by atoms with E-state index in [4.69, 9.17) is 4.74 Å². The second kappa shape index (κ2) is 11.4. The molecule has 7 nitrogen and oxygen atoms in total. The maximum Gasteiger partial charge on any atom is 0.407 e. The molecule has 1 saturated carbocycles. The third-order valence-corrected chi connectivity index (χ3v) is 7.22. The van der Waals surface area contributed by atoms with Gasteiger partial charge in [-0.3, -0.25) is 9.59 Å². The van der Waals surface area contributed by atoms with Gasteiger partial charge in [-0.1, -0.05) is 68.3 Å². The van der Waals surface area contributed by atoms with Crippen LogP contribution in [-0.2, 0) is 14.3 Å². The van der Waals surface area contributed by atoms with Gasteiger partial charge < -0.3 is 20.5 Å². The molecular weight excluding hydrogens is 444 g/mol. The molecule has 0 bridgehead atoms. The molecule has 2 aliphatic carbocycles. The van der Waals surface area contributed by atoms with Crippen molar-refractivity contribution in [1.82, 2.24) is 10.6 Å². The third-order valence-electron chi connectivity index (χ3n) is 7.22. The van der Waals surface area contributed by atoms with Crippen molar-refractivity contribution >= 4 is 18.0 Å². The number of ether oxygens (including phenoxy) is 1. The zero-order valence-electron chi connectivity index (χ0n) is 20.2. The fourth-order valence-electron chi connectivity index (χ4n) is 5.40. The minimum Gasteiger partial charge on any atom is -0.481 e. The van der Waals surface area contributed by atoms with Crippen molar-refractivity contribution in [3.8, 4) is 11.1 Å². The van der Waals surface area contributed by atoms with Crippen LogP contribution in [0.3, 0.4) is 0 Å². The quantitative estimate of drug-likeness (QED) is 0.485. The van der Waals surface area contributed by atoms with Gasteiger partial charge in [0.1, 0.15) is 6.61 Å². The molecular formula is C28H34N2O5. The molecule has 0 aromatic heterocycles. The summed E-state index contributed by atoms with van der Waals surface area (Å²) >= 11 is 0. The van der Waals surface area contributed by atoms with Crippen LogP contribution in [-0.4, -0.2) is 42.3 Å². The Bertz CT molecular complexity index is 1020. The lowest BCUT2D eigenvalue weighted by Gasteiger charge is -2.29. The molecule has 35 heavy (non-hydrogen) atoms. The molecule has 0 heterocycles. The Morgan fingerprint density at radius 2 is 1.69 bits per heavy atom. The first kappa shape index (κ1) is 24.8. The highest BCUT2D eigenvalue weighted by atomic mass is 16.5. The molecule has 186 valence electrons. The largest absolute Gasteiger partial charge is 0.481 e. The summed E-state index contributed by atoms with van der Waals surface area (Å²) in [6.45, 7) is 2.33. The first-order valence-electron chi connectivity index (χ1n) is 12.6. The second-order valence-electron chi connectivity index (χ2n) is 9.60. The van der Waals surface area contributed by atoms with Gasteiger partial charge in [0.15, 0.2) is 0 Å². The van der Waals surface area contributed by atoms with Gasteiger partial charge in [0.25, 0.3) is 0 Å². The van der Waals surface area contributed by atoms with Crippen molar-refractivity contribution in [2.45, 2.75) is 57.4 Å². The molecule has 3 atom stereocenters.